The number of unbranched alkanes of at least 4 members (excludes halogenated alkanes) is 9. The Morgan fingerprint density at radius 1 is 0.893 bits per heavy atom. The van der Waals surface area contributed by atoms with E-state index in [0.717, 1.165) is 19.3 Å². The quantitative estimate of drug-likeness (QED) is 0.356. The van der Waals surface area contributed by atoms with Crippen molar-refractivity contribution in [2.24, 2.45) is 0 Å². The van der Waals surface area contributed by atoms with Gasteiger partial charge in [0.1, 0.15) is 5.76 Å². The molecule has 1 heterocycles. The molecule has 0 spiro atoms. The molecular weight excluding hydrogens is 372 g/mol. The van der Waals surface area contributed by atoms with Crippen LogP contribution in [0.5, 0.6) is 0 Å². The average Bonchev–Trinajstić information content (AvgIpc) is 3.12. The summed E-state index contributed by atoms with van der Waals surface area (Å²) in [5, 5.41) is 3.94. The number of rotatable bonds is 14. The van der Waals surface area contributed by atoms with E-state index in [1.807, 2.05) is 6.07 Å². The first-order chi connectivity index (χ1) is 13.6. The van der Waals surface area contributed by atoms with Gasteiger partial charge in [0.2, 0.25) is 0 Å². The highest BCUT2D eigenvalue weighted by Gasteiger charge is 2.26. The van der Waals surface area contributed by atoms with E-state index in [-0.39, 0.29) is 4.90 Å². The minimum absolute atomic E-state index is 0.280. The summed E-state index contributed by atoms with van der Waals surface area (Å²) in [6, 6.07) is 10.2. The molecule has 1 aromatic carbocycles. The van der Waals surface area contributed by atoms with Crippen molar-refractivity contribution in [3.8, 4) is 0 Å². The molecule has 0 N–H and O–H groups in total. The molecule has 2 aromatic rings. The molecule has 0 amide bonds. The zero-order valence-corrected chi connectivity index (χ0v) is 18.1. The van der Waals surface area contributed by atoms with Crippen LogP contribution in [0.2, 0.25) is 0 Å². The van der Waals surface area contributed by atoms with Gasteiger partial charge in [-0.2, -0.15) is 0 Å². The molecule has 0 fully saturated rings. The van der Waals surface area contributed by atoms with Crippen molar-refractivity contribution >= 4 is 15.8 Å². The summed E-state index contributed by atoms with van der Waals surface area (Å²) in [7, 11) is -3.64. The Bertz CT molecular complexity index is 772. The number of benzene rings is 1. The van der Waals surface area contributed by atoms with Crippen molar-refractivity contribution in [2.45, 2.75) is 83.0 Å². The average molecular weight is 407 g/mol. The number of aromatic nitrogens is 1. The Balaban J connectivity index is 1.85. The second-order valence-corrected chi connectivity index (χ2v) is 9.23. The zero-order valence-electron chi connectivity index (χ0n) is 17.3. The van der Waals surface area contributed by atoms with E-state index in [4.69, 9.17) is 4.52 Å². The molecule has 0 radical (unpaired) electrons. The number of nitrogens with zero attached hydrogens (tertiary/aromatic N) is 2. The van der Waals surface area contributed by atoms with E-state index in [1.54, 1.807) is 37.3 Å². The Hall–Kier alpha value is -1.82. The maximum absolute atomic E-state index is 13.1. The van der Waals surface area contributed by atoms with Gasteiger partial charge in [0.15, 0.2) is 5.82 Å². The first kappa shape index (κ1) is 22.5. The summed E-state index contributed by atoms with van der Waals surface area (Å²) in [5.41, 5.74) is 0. The summed E-state index contributed by atoms with van der Waals surface area (Å²) in [4.78, 5) is 0.280. The maximum Gasteiger partial charge on any atom is 0.265 e. The van der Waals surface area contributed by atoms with Crippen molar-refractivity contribution < 1.29 is 12.9 Å². The Labute approximate surface area is 170 Å². The van der Waals surface area contributed by atoms with Crippen molar-refractivity contribution in [3.05, 3.63) is 42.2 Å². The lowest BCUT2D eigenvalue weighted by molar-refractivity contribution is 0.398. The maximum atomic E-state index is 13.1. The van der Waals surface area contributed by atoms with Gasteiger partial charge < -0.3 is 4.52 Å². The van der Waals surface area contributed by atoms with Crippen LogP contribution in [0.25, 0.3) is 0 Å². The minimum atomic E-state index is -3.64. The van der Waals surface area contributed by atoms with E-state index in [1.165, 1.54) is 49.3 Å². The molecular formula is C22H34N2O3S. The fraction of sp³-hybridized carbons (Fsp3) is 0.591. The number of hydrogen-bond acceptors (Lipinski definition) is 4. The summed E-state index contributed by atoms with van der Waals surface area (Å²) >= 11 is 0. The number of anilines is 1. The van der Waals surface area contributed by atoms with Gasteiger partial charge in [0.05, 0.1) is 4.90 Å². The summed E-state index contributed by atoms with van der Waals surface area (Å²) in [6.07, 6.45) is 12.1. The predicted molar refractivity (Wildman–Crippen MR) is 114 cm³/mol. The molecule has 5 nitrogen and oxygen atoms in total. The van der Waals surface area contributed by atoms with Gasteiger partial charge >= 0.3 is 0 Å². The molecule has 0 aliphatic rings. The zero-order chi connectivity index (χ0) is 20.2. The molecule has 0 saturated heterocycles. The van der Waals surface area contributed by atoms with Crippen molar-refractivity contribution in [2.75, 3.05) is 10.8 Å². The molecule has 2 rings (SSSR count). The second-order valence-electron chi connectivity index (χ2n) is 7.37. The SMILES string of the molecule is CCCCCCCCCCCCN(c1cc(C)on1)S(=O)(=O)c1ccccc1. The third-order valence-electron chi connectivity index (χ3n) is 4.92. The van der Waals surface area contributed by atoms with E-state index in [9.17, 15) is 8.42 Å². The molecule has 0 bridgehead atoms. The highest BCUT2D eigenvalue weighted by molar-refractivity contribution is 7.92. The topological polar surface area (TPSA) is 63.4 Å². The monoisotopic (exact) mass is 406 g/mol. The number of aryl methyl sites for hydroxylation is 1. The van der Waals surface area contributed by atoms with Crippen LogP contribution in [-0.4, -0.2) is 20.1 Å². The first-order valence-corrected chi connectivity index (χ1v) is 12.0. The van der Waals surface area contributed by atoms with Gasteiger partial charge in [-0.1, -0.05) is 88.1 Å². The van der Waals surface area contributed by atoms with Gasteiger partial charge in [0, 0.05) is 12.6 Å². The van der Waals surface area contributed by atoms with E-state index in [0.29, 0.717) is 18.1 Å². The van der Waals surface area contributed by atoms with E-state index < -0.39 is 10.0 Å². The second kappa shape index (κ2) is 11.9. The molecule has 0 unspecified atom stereocenters. The number of hydrogen-bond donors (Lipinski definition) is 0. The molecule has 156 valence electrons. The van der Waals surface area contributed by atoms with Crippen LogP contribution in [0.4, 0.5) is 5.82 Å². The van der Waals surface area contributed by atoms with Crippen LogP contribution in [0.1, 0.15) is 76.9 Å². The van der Waals surface area contributed by atoms with Gasteiger partial charge in [-0.15, -0.1) is 0 Å². The number of sulfonamides is 1. The molecule has 0 saturated carbocycles. The predicted octanol–water partition coefficient (Wildman–Crippen LogP) is 6.10. The molecule has 1 aromatic heterocycles. The molecule has 0 aliphatic heterocycles. The van der Waals surface area contributed by atoms with Gasteiger partial charge in [-0.05, 0) is 25.5 Å². The third kappa shape index (κ3) is 6.97. The fourth-order valence-electron chi connectivity index (χ4n) is 3.29. The van der Waals surface area contributed by atoms with Crippen LogP contribution >= 0.6 is 0 Å². The van der Waals surface area contributed by atoms with Gasteiger partial charge in [-0.3, -0.25) is 0 Å². The molecule has 0 atom stereocenters. The Morgan fingerprint density at radius 3 is 2.00 bits per heavy atom. The first-order valence-electron chi connectivity index (χ1n) is 10.6. The smallest absolute Gasteiger partial charge is 0.265 e. The van der Waals surface area contributed by atoms with E-state index in [2.05, 4.69) is 12.1 Å². The summed E-state index contributed by atoms with van der Waals surface area (Å²) in [5.74, 6) is 0.962. The van der Waals surface area contributed by atoms with Crippen LogP contribution in [0, 0.1) is 6.92 Å². The van der Waals surface area contributed by atoms with Crippen LogP contribution in [0.3, 0.4) is 0 Å². The minimum Gasteiger partial charge on any atom is -0.360 e. The standard InChI is InChI=1S/C22H34N2O3S/c1-3-4-5-6-7-8-9-10-11-15-18-24(22-19-20(2)27-23-22)28(25,26)21-16-13-12-14-17-21/h12-14,16-17,19H,3-11,15,18H2,1-2H3. The van der Waals surface area contributed by atoms with Crippen molar-refractivity contribution in [1.29, 1.82) is 0 Å². The highest BCUT2D eigenvalue weighted by Crippen LogP contribution is 2.24. The van der Waals surface area contributed by atoms with Crippen LogP contribution in [-0.2, 0) is 10.0 Å². The van der Waals surface area contributed by atoms with Gasteiger partial charge in [-0.25, -0.2) is 12.7 Å². The third-order valence-corrected chi connectivity index (χ3v) is 6.73. The lowest BCUT2D eigenvalue weighted by Gasteiger charge is -2.21. The van der Waals surface area contributed by atoms with Crippen molar-refractivity contribution in [3.63, 3.8) is 0 Å². The van der Waals surface area contributed by atoms with Gasteiger partial charge in [0.25, 0.3) is 10.0 Å². The molecule has 28 heavy (non-hydrogen) atoms. The summed E-state index contributed by atoms with van der Waals surface area (Å²) in [6.45, 7) is 4.42. The normalized spacial score (nSPS) is 11.6. The molecule has 0 aliphatic carbocycles. The van der Waals surface area contributed by atoms with Crippen molar-refractivity contribution in [1.82, 2.24) is 5.16 Å². The highest BCUT2D eigenvalue weighted by atomic mass is 32.2. The summed E-state index contributed by atoms with van der Waals surface area (Å²) < 4.78 is 32.7. The molecule has 6 heteroatoms. The van der Waals surface area contributed by atoms with Crippen LogP contribution < -0.4 is 4.31 Å². The Morgan fingerprint density at radius 2 is 1.46 bits per heavy atom. The fourth-order valence-corrected chi connectivity index (χ4v) is 4.75. The Kier molecular flexibility index (Phi) is 9.55. The lowest BCUT2D eigenvalue weighted by atomic mass is 10.1. The lowest BCUT2D eigenvalue weighted by Crippen LogP contribution is -2.32. The largest absolute Gasteiger partial charge is 0.360 e. The van der Waals surface area contributed by atoms with E-state index >= 15 is 0 Å². The van der Waals surface area contributed by atoms with Crippen LogP contribution in [0.15, 0.2) is 45.8 Å².